The molecule has 2 aromatic rings. The summed E-state index contributed by atoms with van der Waals surface area (Å²) < 4.78 is 14.6. The third-order valence-corrected chi connectivity index (χ3v) is 4.60. The van der Waals surface area contributed by atoms with Gasteiger partial charge in [0.25, 0.3) is 0 Å². The van der Waals surface area contributed by atoms with Crippen molar-refractivity contribution >= 4 is 27.5 Å². The number of rotatable bonds is 5. The van der Waals surface area contributed by atoms with Crippen LogP contribution in [0.3, 0.4) is 0 Å². The predicted octanol–water partition coefficient (Wildman–Crippen LogP) is 5.64. The summed E-state index contributed by atoms with van der Waals surface area (Å²) >= 11 is 9.83. The zero-order valence-corrected chi connectivity index (χ0v) is 14.4. The summed E-state index contributed by atoms with van der Waals surface area (Å²) in [5, 5.41) is 4.02. The van der Waals surface area contributed by atoms with Crippen molar-refractivity contribution in [3.8, 4) is 0 Å². The van der Waals surface area contributed by atoms with Gasteiger partial charge < -0.3 is 5.32 Å². The van der Waals surface area contributed by atoms with Crippen LogP contribution < -0.4 is 5.32 Å². The highest BCUT2D eigenvalue weighted by Gasteiger charge is 2.17. The summed E-state index contributed by atoms with van der Waals surface area (Å²) in [7, 11) is 0. The SMILES string of the molecule is CCCNC(c1ccc(C)c(Br)c1)c1cc(F)ccc1Cl. The Hall–Kier alpha value is -0.900. The first kappa shape index (κ1) is 16.5. The van der Waals surface area contributed by atoms with E-state index in [2.05, 4.69) is 40.3 Å². The molecule has 0 aliphatic heterocycles. The zero-order chi connectivity index (χ0) is 15.4. The number of nitrogens with one attached hydrogen (secondary N) is 1. The van der Waals surface area contributed by atoms with Gasteiger partial charge in [-0.15, -0.1) is 0 Å². The summed E-state index contributed by atoms with van der Waals surface area (Å²) in [6.45, 7) is 4.98. The second-order valence-corrected chi connectivity index (χ2v) is 6.32. The van der Waals surface area contributed by atoms with Crippen LogP contribution in [0.2, 0.25) is 5.02 Å². The molecule has 0 fully saturated rings. The fraction of sp³-hybridized carbons (Fsp3) is 0.294. The van der Waals surface area contributed by atoms with Crippen LogP contribution in [0.5, 0.6) is 0 Å². The first-order valence-electron chi connectivity index (χ1n) is 6.97. The second-order valence-electron chi connectivity index (χ2n) is 5.06. The molecule has 2 rings (SSSR count). The van der Waals surface area contributed by atoms with Crippen LogP contribution in [-0.4, -0.2) is 6.54 Å². The van der Waals surface area contributed by atoms with Crippen molar-refractivity contribution in [3.05, 3.63) is 68.4 Å². The molecular formula is C17H18BrClFN. The standard InChI is InChI=1S/C17H18BrClFN/c1-3-8-21-17(12-5-4-11(2)15(18)9-12)14-10-13(20)6-7-16(14)19/h4-7,9-10,17,21H,3,8H2,1-2H3. The van der Waals surface area contributed by atoms with Gasteiger partial charge in [0, 0.05) is 9.50 Å². The van der Waals surface area contributed by atoms with E-state index in [1.807, 2.05) is 13.0 Å². The molecule has 0 saturated carbocycles. The normalized spacial score (nSPS) is 12.4. The minimum absolute atomic E-state index is 0.120. The summed E-state index contributed by atoms with van der Waals surface area (Å²) in [6, 6.07) is 10.5. The van der Waals surface area contributed by atoms with E-state index in [-0.39, 0.29) is 11.9 Å². The van der Waals surface area contributed by atoms with Crippen LogP contribution in [0.1, 0.15) is 36.1 Å². The quantitative estimate of drug-likeness (QED) is 0.718. The van der Waals surface area contributed by atoms with Gasteiger partial charge in [-0.25, -0.2) is 4.39 Å². The molecule has 21 heavy (non-hydrogen) atoms. The molecule has 2 aromatic carbocycles. The van der Waals surface area contributed by atoms with Gasteiger partial charge >= 0.3 is 0 Å². The van der Waals surface area contributed by atoms with Gasteiger partial charge in [-0.05, 0) is 60.8 Å². The maximum atomic E-state index is 13.6. The van der Waals surface area contributed by atoms with Gasteiger partial charge in [0.15, 0.2) is 0 Å². The van der Waals surface area contributed by atoms with Gasteiger partial charge in [0.05, 0.1) is 6.04 Å². The van der Waals surface area contributed by atoms with E-state index < -0.39 is 0 Å². The molecule has 0 heterocycles. The van der Waals surface area contributed by atoms with E-state index >= 15 is 0 Å². The Morgan fingerprint density at radius 3 is 2.67 bits per heavy atom. The predicted molar refractivity (Wildman–Crippen MR) is 90.4 cm³/mol. The highest BCUT2D eigenvalue weighted by molar-refractivity contribution is 9.10. The Labute approximate surface area is 138 Å². The van der Waals surface area contributed by atoms with Crippen LogP contribution in [0.15, 0.2) is 40.9 Å². The van der Waals surface area contributed by atoms with Crippen molar-refractivity contribution in [2.75, 3.05) is 6.54 Å². The fourth-order valence-electron chi connectivity index (χ4n) is 2.22. The van der Waals surface area contributed by atoms with Gasteiger partial charge in [-0.3, -0.25) is 0 Å². The lowest BCUT2D eigenvalue weighted by molar-refractivity contribution is 0.585. The van der Waals surface area contributed by atoms with Crippen molar-refractivity contribution in [1.29, 1.82) is 0 Å². The van der Waals surface area contributed by atoms with E-state index in [0.717, 1.165) is 28.6 Å². The summed E-state index contributed by atoms with van der Waals surface area (Å²) in [6.07, 6.45) is 0.996. The average Bonchev–Trinajstić information content (AvgIpc) is 2.46. The summed E-state index contributed by atoms with van der Waals surface area (Å²) in [5.74, 6) is -0.274. The van der Waals surface area contributed by atoms with Crippen LogP contribution >= 0.6 is 27.5 Å². The van der Waals surface area contributed by atoms with Crippen LogP contribution in [0, 0.1) is 12.7 Å². The Kier molecular flexibility index (Phi) is 5.80. The van der Waals surface area contributed by atoms with E-state index in [0.29, 0.717) is 5.02 Å². The molecule has 0 amide bonds. The van der Waals surface area contributed by atoms with Crippen molar-refractivity contribution in [3.63, 3.8) is 0 Å². The molecule has 0 spiro atoms. The number of aryl methyl sites for hydroxylation is 1. The third kappa shape index (κ3) is 4.06. The second kappa shape index (κ2) is 7.39. The lowest BCUT2D eigenvalue weighted by atomic mass is 9.97. The summed E-state index contributed by atoms with van der Waals surface area (Å²) in [5.41, 5.74) is 2.99. The topological polar surface area (TPSA) is 12.0 Å². The molecule has 1 atom stereocenters. The first-order chi connectivity index (χ1) is 10.0. The number of halogens is 3. The molecule has 0 radical (unpaired) electrons. The van der Waals surface area contributed by atoms with Crippen molar-refractivity contribution < 1.29 is 4.39 Å². The molecule has 1 nitrogen and oxygen atoms in total. The van der Waals surface area contributed by atoms with E-state index in [4.69, 9.17) is 11.6 Å². The molecule has 0 aromatic heterocycles. The van der Waals surface area contributed by atoms with Crippen molar-refractivity contribution in [2.24, 2.45) is 0 Å². The van der Waals surface area contributed by atoms with E-state index in [1.165, 1.54) is 17.7 Å². The Bertz CT molecular complexity index is 630. The molecule has 1 N–H and O–H groups in total. The Balaban J connectivity index is 2.46. The average molecular weight is 371 g/mol. The molecule has 0 aliphatic rings. The molecule has 0 saturated heterocycles. The Morgan fingerprint density at radius 1 is 1.24 bits per heavy atom. The number of benzene rings is 2. The minimum atomic E-state index is -0.274. The highest BCUT2D eigenvalue weighted by atomic mass is 79.9. The monoisotopic (exact) mass is 369 g/mol. The highest BCUT2D eigenvalue weighted by Crippen LogP contribution is 2.31. The van der Waals surface area contributed by atoms with Gasteiger partial charge in [0.2, 0.25) is 0 Å². The lowest BCUT2D eigenvalue weighted by Gasteiger charge is -2.21. The van der Waals surface area contributed by atoms with Crippen LogP contribution in [-0.2, 0) is 0 Å². The maximum Gasteiger partial charge on any atom is 0.123 e. The number of hydrogen-bond donors (Lipinski definition) is 1. The van der Waals surface area contributed by atoms with Crippen molar-refractivity contribution in [1.82, 2.24) is 5.32 Å². The smallest absolute Gasteiger partial charge is 0.123 e. The van der Waals surface area contributed by atoms with Crippen LogP contribution in [0.25, 0.3) is 0 Å². The number of hydrogen-bond acceptors (Lipinski definition) is 1. The summed E-state index contributed by atoms with van der Waals surface area (Å²) in [4.78, 5) is 0. The fourth-order valence-corrected chi connectivity index (χ4v) is 2.84. The van der Waals surface area contributed by atoms with E-state index in [9.17, 15) is 4.39 Å². The van der Waals surface area contributed by atoms with Gasteiger partial charge in [0.1, 0.15) is 5.82 Å². The minimum Gasteiger partial charge on any atom is -0.306 e. The first-order valence-corrected chi connectivity index (χ1v) is 8.14. The lowest BCUT2D eigenvalue weighted by Crippen LogP contribution is -2.23. The van der Waals surface area contributed by atoms with Gasteiger partial charge in [-0.1, -0.05) is 46.6 Å². The molecule has 0 bridgehead atoms. The molecule has 112 valence electrons. The van der Waals surface area contributed by atoms with Crippen molar-refractivity contribution in [2.45, 2.75) is 26.3 Å². The molecule has 1 unspecified atom stereocenters. The Morgan fingerprint density at radius 2 is 2.00 bits per heavy atom. The maximum absolute atomic E-state index is 13.6. The third-order valence-electron chi connectivity index (χ3n) is 3.40. The molecule has 0 aliphatic carbocycles. The molecule has 4 heteroatoms. The largest absolute Gasteiger partial charge is 0.306 e. The zero-order valence-electron chi connectivity index (χ0n) is 12.1. The van der Waals surface area contributed by atoms with E-state index in [1.54, 1.807) is 6.07 Å². The molecular weight excluding hydrogens is 353 g/mol. The van der Waals surface area contributed by atoms with Gasteiger partial charge in [-0.2, -0.15) is 0 Å². The van der Waals surface area contributed by atoms with Crippen LogP contribution in [0.4, 0.5) is 4.39 Å².